The van der Waals surface area contributed by atoms with Crippen LogP contribution in [0, 0.1) is 0 Å². The van der Waals surface area contributed by atoms with Crippen LogP contribution in [-0.2, 0) is 0 Å². The fourth-order valence-corrected chi connectivity index (χ4v) is 1.60. The zero-order chi connectivity index (χ0) is 8.10. The van der Waals surface area contributed by atoms with Gasteiger partial charge in [-0.3, -0.25) is 0 Å². The topological polar surface area (TPSA) is 37.0 Å². The highest BCUT2D eigenvalue weighted by atomic mass is 16.4. The molecule has 2 N–H and O–H groups in total. The van der Waals surface area contributed by atoms with Crippen molar-refractivity contribution in [2.24, 2.45) is 5.16 Å². The van der Waals surface area contributed by atoms with Crippen LogP contribution in [-0.4, -0.2) is 30.6 Å². The van der Waals surface area contributed by atoms with Crippen LogP contribution < -0.4 is 4.90 Å². The number of nitrogens with zero attached hydrogens (tertiary/aromatic N) is 1. The van der Waals surface area contributed by atoms with Crippen molar-refractivity contribution in [1.82, 2.24) is 0 Å². The quantitative estimate of drug-likeness (QED) is 0.426. The fourth-order valence-electron chi connectivity index (χ4n) is 1.60. The summed E-state index contributed by atoms with van der Waals surface area (Å²) in [4.78, 5) is 1.65. The molecule has 0 amide bonds. The van der Waals surface area contributed by atoms with Crippen molar-refractivity contribution < 1.29 is 10.1 Å². The highest BCUT2D eigenvalue weighted by Crippen LogP contribution is 1.93. The number of piperidine rings is 1. The molecule has 0 aromatic rings. The Morgan fingerprint density at radius 2 is 2.09 bits per heavy atom. The van der Waals surface area contributed by atoms with Crippen LogP contribution in [0.5, 0.6) is 0 Å². The predicted octanol–water partition coefficient (Wildman–Crippen LogP) is -0.0947. The molecule has 1 heterocycles. The summed E-state index contributed by atoms with van der Waals surface area (Å²) in [5, 5.41) is 11.7. The van der Waals surface area contributed by atoms with Gasteiger partial charge in [0.25, 0.3) is 0 Å². The SMILES string of the molecule is CCC[NH+]1CCC(=NO)CC1. The van der Waals surface area contributed by atoms with Crippen molar-refractivity contribution in [3.8, 4) is 0 Å². The molecule has 0 spiro atoms. The zero-order valence-corrected chi connectivity index (χ0v) is 7.14. The average Bonchev–Trinajstić information content (AvgIpc) is 2.07. The minimum atomic E-state index is 0.977. The van der Waals surface area contributed by atoms with Gasteiger partial charge in [-0.25, -0.2) is 0 Å². The number of oxime groups is 1. The van der Waals surface area contributed by atoms with Crippen molar-refractivity contribution in [2.75, 3.05) is 19.6 Å². The predicted molar refractivity (Wildman–Crippen MR) is 44.3 cm³/mol. The lowest BCUT2D eigenvalue weighted by Crippen LogP contribution is -3.13. The monoisotopic (exact) mass is 157 g/mol. The molecule has 0 radical (unpaired) electrons. The Labute approximate surface area is 67.7 Å². The number of quaternary nitrogens is 1. The summed E-state index contributed by atoms with van der Waals surface area (Å²) in [5.74, 6) is 0. The number of likely N-dealkylation sites (tertiary alicyclic amines) is 1. The van der Waals surface area contributed by atoms with Crippen molar-refractivity contribution in [2.45, 2.75) is 26.2 Å². The lowest BCUT2D eigenvalue weighted by Gasteiger charge is -2.23. The highest BCUT2D eigenvalue weighted by molar-refractivity contribution is 5.84. The third kappa shape index (κ3) is 2.50. The van der Waals surface area contributed by atoms with Gasteiger partial charge in [-0.05, 0) is 6.42 Å². The van der Waals surface area contributed by atoms with Crippen LogP contribution >= 0.6 is 0 Å². The second-order valence-corrected chi connectivity index (χ2v) is 3.17. The van der Waals surface area contributed by atoms with Crippen molar-refractivity contribution in [3.63, 3.8) is 0 Å². The van der Waals surface area contributed by atoms with E-state index in [0.717, 1.165) is 31.6 Å². The smallest absolute Gasteiger partial charge is 0.0825 e. The lowest BCUT2D eigenvalue weighted by atomic mass is 10.1. The molecule has 0 atom stereocenters. The molecule has 0 aromatic heterocycles. The molecular weight excluding hydrogens is 140 g/mol. The summed E-state index contributed by atoms with van der Waals surface area (Å²) >= 11 is 0. The summed E-state index contributed by atoms with van der Waals surface area (Å²) in [7, 11) is 0. The Morgan fingerprint density at radius 3 is 2.55 bits per heavy atom. The van der Waals surface area contributed by atoms with E-state index in [1.54, 1.807) is 4.90 Å². The standard InChI is InChI=1S/C8H16N2O/c1-2-5-10-6-3-8(9-11)4-7-10/h11H,2-7H2,1H3/p+1. The van der Waals surface area contributed by atoms with Gasteiger partial charge < -0.3 is 10.1 Å². The van der Waals surface area contributed by atoms with E-state index in [0.29, 0.717) is 0 Å². The second kappa shape index (κ2) is 4.34. The largest absolute Gasteiger partial charge is 0.411 e. The lowest BCUT2D eigenvalue weighted by molar-refractivity contribution is -0.901. The molecule has 1 aliphatic rings. The van der Waals surface area contributed by atoms with Crippen LogP contribution in [0.15, 0.2) is 5.16 Å². The maximum Gasteiger partial charge on any atom is 0.0825 e. The van der Waals surface area contributed by atoms with E-state index in [-0.39, 0.29) is 0 Å². The number of hydrogen-bond acceptors (Lipinski definition) is 2. The first-order chi connectivity index (χ1) is 5.36. The summed E-state index contributed by atoms with van der Waals surface area (Å²) in [6, 6.07) is 0. The highest BCUT2D eigenvalue weighted by Gasteiger charge is 2.16. The molecule has 1 aliphatic heterocycles. The number of nitrogens with one attached hydrogen (secondary N) is 1. The van der Waals surface area contributed by atoms with Crippen molar-refractivity contribution in [1.29, 1.82) is 0 Å². The van der Waals surface area contributed by atoms with E-state index in [2.05, 4.69) is 12.1 Å². The normalized spacial score (nSPS) is 25.2. The summed E-state index contributed by atoms with van der Waals surface area (Å²) < 4.78 is 0. The first-order valence-corrected chi connectivity index (χ1v) is 4.40. The third-order valence-electron chi connectivity index (χ3n) is 2.28. The number of hydrogen-bond donors (Lipinski definition) is 2. The Bertz CT molecular complexity index is 135. The maximum absolute atomic E-state index is 8.49. The Morgan fingerprint density at radius 1 is 1.45 bits per heavy atom. The van der Waals surface area contributed by atoms with E-state index < -0.39 is 0 Å². The van der Waals surface area contributed by atoms with Crippen molar-refractivity contribution >= 4 is 5.71 Å². The molecule has 11 heavy (non-hydrogen) atoms. The molecule has 0 bridgehead atoms. The Hall–Kier alpha value is -0.570. The first kappa shape index (κ1) is 8.53. The van der Waals surface area contributed by atoms with Gasteiger partial charge in [-0.15, -0.1) is 0 Å². The van der Waals surface area contributed by atoms with Gasteiger partial charge in [0.05, 0.1) is 25.3 Å². The van der Waals surface area contributed by atoms with Crippen LogP contribution in [0.3, 0.4) is 0 Å². The molecule has 1 fully saturated rings. The van der Waals surface area contributed by atoms with E-state index in [9.17, 15) is 0 Å². The minimum absolute atomic E-state index is 0.977. The maximum atomic E-state index is 8.49. The van der Waals surface area contributed by atoms with E-state index in [1.807, 2.05) is 0 Å². The molecule has 64 valence electrons. The van der Waals surface area contributed by atoms with Gasteiger partial charge in [0.1, 0.15) is 0 Å². The summed E-state index contributed by atoms with van der Waals surface area (Å²) in [6.45, 7) is 5.77. The van der Waals surface area contributed by atoms with Gasteiger partial charge in [0.2, 0.25) is 0 Å². The molecule has 0 unspecified atom stereocenters. The summed E-state index contributed by atoms with van der Waals surface area (Å²) in [6.07, 6.45) is 3.21. The van der Waals surface area contributed by atoms with Gasteiger partial charge in [-0.1, -0.05) is 12.1 Å². The van der Waals surface area contributed by atoms with Crippen LogP contribution in [0.25, 0.3) is 0 Å². The zero-order valence-electron chi connectivity index (χ0n) is 7.14. The molecule has 3 heteroatoms. The van der Waals surface area contributed by atoms with E-state index in [4.69, 9.17) is 5.21 Å². The first-order valence-electron chi connectivity index (χ1n) is 4.40. The molecule has 1 saturated heterocycles. The third-order valence-corrected chi connectivity index (χ3v) is 2.28. The van der Waals surface area contributed by atoms with E-state index >= 15 is 0 Å². The molecule has 0 aromatic carbocycles. The minimum Gasteiger partial charge on any atom is -0.411 e. The fraction of sp³-hybridized carbons (Fsp3) is 0.875. The summed E-state index contributed by atoms with van der Waals surface area (Å²) in [5.41, 5.74) is 0.977. The number of rotatable bonds is 2. The molecular formula is C8H17N2O+. The van der Waals surface area contributed by atoms with Crippen molar-refractivity contribution in [3.05, 3.63) is 0 Å². The molecule has 0 saturated carbocycles. The van der Waals surface area contributed by atoms with Gasteiger partial charge in [0, 0.05) is 12.8 Å². The van der Waals surface area contributed by atoms with Crippen LogP contribution in [0.1, 0.15) is 26.2 Å². The average molecular weight is 157 g/mol. The molecule has 3 nitrogen and oxygen atoms in total. The Balaban J connectivity index is 2.24. The van der Waals surface area contributed by atoms with E-state index in [1.165, 1.54) is 13.0 Å². The molecule has 1 rings (SSSR count). The van der Waals surface area contributed by atoms with Crippen LogP contribution in [0.2, 0.25) is 0 Å². The van der Waals surface area contributed by atoms with Crippen LogP contribution in [0.4, 0.5) is 0 Å². The van der Waals surface area contributed by atoms with Gasteiger partial charge in [0.15, 0.2) is 0 Å². The molecule has 0 aliphatic carbocycles. The Kier molecular flexibility index (Phi) is 3.36. The van der Waals surface area contributed by atoms with Gasteiger partial charge >= 0.3 is 0 Å². The van der Waals surface area contributed by atoms with Gasteiger partial charge in [-0.2, -0.15) is 0 Å². The second-order valence-electron chi connectivity index (χ2n) is 3.17.